The van der Waals surface area contributed by atoms with Crippen molar-refractivity contribution in [2.75, 3.05) is 103 Å². The van der Waals surface area contributed by atoms with E-state index in [0.717, 1.165) is 33.4 Å². The summed E-state index contributed by atoms with van der Waals surface area (Å²) in [5.74, 6) is -0.293. The largest absolute Gasteiger partial charge is 0.378 e. The Kier molecular flexibility index (Phi) is 23.7. The molecule has 4 amide bonds. The average molecular weight is 1150 g/mol. The van der Waals surface area contributed by atoms with Crippen LogP contribution in [0.25, 0.3) is 0 Å². The van der Waals surface area contributed by atoms with Gasteiger partial charge in [0.05, 0.1) is 62.6 Å². The molecule has 5 aromatic rings. The van der Waals surface area contributed by atoms with Crippen LogP contribution in [-0.2, 0) is 52.1 Å². The van der Waals surface area contributed by atoms with Gasteiger partial charge in [0.1, 0.15) is 0 Å². The summed E-state index contributed by atoms with van der Waals surface area (Å²) in [6.45, 7) is 5.94. The molecule has 0 radical (unpaired) electrons. The van der Waals surface area contributed by atoms with Crippen LogP contribution >= 0.6 is 46.4 Å². The smallest absolute Gasteiger partial charge is 0.319 e. The quantitative estimate of drug-likeness (QED) is 0.0216. The van der Waals surface area contributed by atoms with Crippen LogP contribution in [0.1, 0.15) is 52.1 Å². The number of fused-ring (bicyclic) bond motifs is 1. The molecule has 0 aromatic heterocycles. The highest BCUT2D eigenvalue weighted by Crippen LogP contribution is 2.37. The van der Waals surface area contributed by atoms with Crippen molar-refractivity contribution in [3.05, 3.63) is 151 Å². The zero-order valence-corrected chi connectivity index (χ0v) is 46.1. The molecule has 0 aliphatic carbocycles. The summed E-state index contributed by atoms with van der Waals surface area (Å²) in [6.07, 6.45) is 0. The summed E-state index contributed by atoms with van der Waals surface area (Å²) in [7, 11) is -5.79. The molecule has 0 unspecified atom stereocenters. The minimum absolute atomic E-state index is 0.0573. The van der Waals surface area contributed by atoms with Crippen LogP contribution in [0, 0.1) is 0 Å². The Morgan fingerprint density at radius 3 is 1.69 bits per heavy atom. The lowest BCUT2D eigenvalue weighted by molar-refractivity contribution is 0.0517. The van der Waals surface area contributed by atoms with E-state index in [9.17, 15) is 26.4 Å². The molecule has 0 saturated heterocycles. The van der Waals surface area contributed by atoms with E-state index in [1.54, 1.807) is 66.7 Å². The van der Waals surface area contributed by atoms with Crippen molar-refractivity contribution >= 4 is 89.9 Å². The number of amides is 4. The zero-order chi connectivity index (χ0) is 53.8. The molecular formula is C51H62Cl4N8O10S2. The summed E-state index contributed by atoms with van der Waals surface area (Å²) in [5, 5.41) is 19.4. The van der Waals surface area contributed by atoms with Gasteiger partial charge in [0.25, 0.3) is 0 Å². The van der Waals surface area contributed by atoms with Gasteiger partial charge in [0.15, 0.2) is 0 Å². The van der Waals surface area contributed by atoms with E-state index in [2.05, 4.69) is 41.3 Å². The third kappa shape index (κ3) is 18.5. The Bertz CT molecular complexity index is 2930. The van der Waals surface area contributed by atoms with Crippen LogP contribution in [-0.4, -0.2) is 122 Å². The Morgan fingerprint density at radius 2 is 1.13 bits per heavy atom. The summed E-state index contributed by atoms with van der Waals surface area (Å²) >= 11 is 25.5. The van der Waals surface area contributed by atoms with E-state index in [1.807, 2.05) is 38.2 Å². The number of carbonyl (C=O) groups excluding carboxylic acids is 2. The number of hydrogen-bond donors (Lipinski definition) is 8. The number of benzene rings is 5. The number of ether oxygens (including phenoxy) is 4. The standard InChI is InChI=1S/C51H62Cl4N8O10S2/c1-34(43-27-37(52)29-48(54)46(43)31-56-2)35-5-3-7-41(25-35)74(66,67)60-15-19-72-23-21-70-17-13-58-50(64)62-39-9-11-40(12-10-39)63-51(65)59-14-18-71-22-24-73-20-16-61-75(68,69)42-8-4-6-36(26-42)45-32-57-33-47-44(45)28-38(53)30-49(47)55/h3-12,25-30,34,45,56-57,60-61H,13-24,31-33H2,1-2H3,(H2,58,62,64)(H2,59,63,65)/t34-,45-/m0/s1. The van der Waals surface area contributed by atoms with Crippen molar-refractivity contribution in [2.24, 2.45) is 0 Å². The Hall–Kier alpha value is -4.62. The summed E-state index contributed by atoms with van der Waals surface area (Å²) in [4.78, 5) is 25.0. The van der Waals surface area contributed by atoms with Crippen LogP contribution in [0.4, 0.5) is 21.0 Å². The molecule has 406 valence electrons. The second-order valence-corrected chi connectivity index (χ2v) is 22.3. The molecule has 2 atom stereocenters. The van der Waals surface area contributed by atoms with Crippen molar-refractivity contribution in [1.82, 2.24) is 30.7 Å². The topological polar surface area (TPSA) is 236 Å². The lowest BCUT2D eigenvalue weighted by atomic mass is 9.85. The van der Waals surface area contributed by atoms with E-state index in [-0.39, 0.29) is 101 Å². The third-order valence-corrected chi connectivity index (χ3v) is 15.8. The highest BCUT2D eigenvalue weighted by Gasteiger charge is 2.26. The predicted molar refractivity (Wildman–Crippen MR) is 294 cm³/mol. The first kappa shape index (κ1) is 59.6. The van der Waals surface area contributed by atoms with Crippen LogP contribution in [0.2, 0.25) is 20.1 Å². The summed E-state index contributed by atoms with van der Waals surface area (Å²) in [5.41, 5.74) is 6.35. The molecule has 0 saturated carbocycles. The van der Waals surface area contributed by atoms with Crippen molar-refractivity contribution in [1.29, 1.82) is 0 Å². The molecule has 0 spiro atoms. The van der Waals surface area contributed by atoms with Crippen molar-refractivity contribution in [3.63, 3.8) is 0 Å². The predicted octanol–water partition coefficient (Wildman–Crippen LogP) is 7.67. The Labute approximate surface area is 458 Å². The van der Waals surface area contributed by atoms with Gasteiger partial charge in [-0.2, -0.15) is 0 Å². The van der Waals surface area contributed by atoms with Gasteiger partial charge in [-0.1, -0.05) is 77.6 Å². The van der Waals surface area contributed by atoms with E-state index in [0.29, 0.717) is 51.1 Å². The molecule has 8 N–H and O–H groups in total. The van der Waals surface area contributed by atoms with Gasteiger partial charge in [-0.25, -0.2) is 35.9 Å². The minimum atomic E-state index is -3.81. The number of rotatable bonds is 29. The van der Waals surface area contributed by atoms with E-state index >= 15 is 0 Å². The van der Waals surface area contributed by atoms with Gasteiger partial charge < -0.3 is 50.8 Å². The summed E-state index contributed by atoms with van der Waals surface area (Å²) in [6, 6.07) is 26.3. The lowest BCUT2D eigenvalue weighted by Gasteiger charge is -2.28. The van der Waals surface area contributed by atoms with Crippen LogP contribution in [0.3, 0.4) is 0 Å². The first-order valence-electron chi connectivity index (χ1n) is 24.1. The molecule has 0 fully saturated rings. The molecule has 1 heterocycles. The molecule has 0 bridgehead atoms. The highest BCUT2D eigenvalue weighted by atomic mass is 35.5. The van der Waals surface area contributed by atoms with Gasteiger partial charge in [0, 0.05) is 89.1 Å². The fourth-order valence-corrected chi connectivity index (χ4v) is 11.3. The molecule has 75 heavy (non-hydrogen) atoms. The number of anilines is 2. The maximum atomic E-state index is 13.1. The monoisotopic (exact) mass is 1150 g/mol. The number of carbonyl (C=O) groups is 2. The SMILES string of the molecule is CNCc1c(Cl)cc(Cl)cc1[C@@H](C)c1cccc(S(=O)(=O)NCCOCCOCCNC(=O)Nc2ccc(NC(=O)NCCOCCOCCNS(=O)(=O)c3cccc([C@@H]4CNCc5c(Cl)cc(Cl)cc54)c3)cc2)c1. The molecule has 6 rings (SSSR count). The Morgan fingerprint density at radius 1 is 0.627 bits per heavy atom. The van der Waals surface area contributed by atoms with Gasteiger partial charge >= 0.3 is 12.1 Å². The fraction of sp³-hybridized carbons (Fsp3) is 0.373. The van der Waals surface area contributed by atoms with Gasteiger partial charge in [-0.05, 0) is 113 Å². The molecule has 24 heteroatoms. The molecular weight excluding hydrogens is 1090 g/mol. The van der Waals surface area contributed by atoms with Gasteiger partial charge in [-0.3, -0.25) is 0 Å². The molecule has 1 aliphatic rings. The second-order valence-electron chi connectivity index (χ2n) is 17.1. The second kappa shape index (κ2) is 29.8. The first-order chi connectivity index (χ1) is 36.0. The van der Waals surface area contributed by atoms with Crippen molar-refractivity contribution < 1.29 is 45.4 Å². The normalized spacial score (nSPS) is 14.0. The molecule has 18 nitrogen and oxygen atoms in total. The number of nitrogens with one attached hydrogen (secondary N) is 8. The number of halogens is 4. The summed E-state index contributed by atoms with van der Waals surface area (Å²) < 4.78 is 79.6. The highest BCUT2D eigenvalue weighted by molar-refractivity contribution is 7.89. The van der Waals surface area contributed by atoms with Crippen molar-refractivity contribution in [2.45, 2.75) is 41.6 Å². The lowest BCUT2D eigenvalue weighted by Crippen LogP contribution is -2.32. The first-order valence-corrected chi connectivity index (χ1v) is 28.5. The van der Waals surface area contributed by atoms with E-state index < -0.39 is 32.1 Å². The number of hydrogen-bond acceptors (Lipinski definition) is 12. The average Bonchev–Trinajstić information content (AvgIpc) is 3.38. The van der Waals surface area contributed by atoms with E-state index in [1.165, 1.54) is 6.07 Å². The number of urea groups is 2. The molecule has 1 aliphatic heterocycles. The molecule has 5 aromatic carbocycles. The maximum Gasteiger partial charge on any atom is 0.319 e. The fourth-order valence-electron chi connectivity index (χ4n) is 8.04. The van der Waals surface area contributed by atoms with Gasteiger partial charge in [0.2, 0.25) is 20.0 Å². The zero-order valence-electron chi connectivity index (χ0n) is 41.4. The minimum Gasteiger partial charge on any atom is -0.378 e. The van der Waals surface area contributed by atoms with Crippen LogP contribution < -0.4 is 41.3 Å². The van der Waals surface area contributed by atoms with Gasteiger partial charge in [-0.15, -0.1) is 0 Å². The Balaban J connectivity index is 0.755. The van der Waals surface area contributed by atoms with E-state index in [4.69, 9.17) is 65.4 Å². The maximum absolute atomic E-state index is 13.1. The number of sulfonamides is 2. The van der Waals surface area contributed by atoms with Crippen LogP contribution in [0.5, 0.6) is 0 Å². The third-order valence-electron chi connectivity index (χ3n) is 11.8. The van der Waals surface area contributed by atoms with Crippen molar-refractivity contribution in [3.8, 4) is 0 Å². The van der Waals surface area contributed by atoms with Crippen LogP contribution in [0.15, 0.2) is 107 Å².